The SMILES string of the molecule is CCC[C@H](C(=O)NC1CCCC1)N(C(=O)c1snc(C(=O)NC2CCCCC2)c1N)C1CCCCC1. The predicted octanol–water partition coefficient (Wildman–Crippen LogP) is 4.79. The molecule has 0 saturated heterocycles. The highest BCUT2D eigenvalue weighted by Gasteiger charge is 2.38. The first-order valence-corrected chi connectivity index (χ1v) is 15.0. The molecule has 0 aromatic carbocycles. The maximum Gasteiger partial charge on any atom is 0.273 e. The van der Waals surface area contributed by atoms with Crippen LogP contribution >= 0.6 is 11.5 Å². The van der Waals surface area contributed by atoms with Crippen LogP contribution in [-0.4, -0.2) is 51.2 Å². The molecule has 3 saturated carbocycles. The summed E-state index contributed by atoms with van der Waals surface area (Å²) < 4.78 is 4.32. The number of hydrogen-bond acceptors (Lipinski definition) is 6. The average molecular weight is 518 g/mol. The van der Waals surface area contributed by atoms with Crippen molar-refractivity contribution in [3.05, 3.63) is 10.6 Å². The lowest BCUT2D eigenvalue weighted by Gasteiger charge is -2.39. The Morgan fingerprint density at radius 3 is 2.08 bits per heavy atom. The number of nitrogens with one attached hydrogen (secondary N) is 2. The summed E-state index contributed by atoms with van der Waals surface area (Å²) in [5, 5.41) is 6.29. The zero-order chi connectivity index (χ0) is 25.5. The minimum Gasteiger partial charge on any atom is -0.395 e. The zero-order valence-electron chi connectivity index (χ0n) is 21.7. The number of carbonyl (C=O) groups is 3. The van der Waals surface area contributed by atoms with E-state index < -0.39 is 6.04 Å². The quantitative estimate of drug-likeness (QED) is 0.435. The van der Waals surface area contributed by atoms with Crippen molar-refractivity contribution in [1.82, 2.24) is 19.9 Å². The van der Waals surface area contributed by atoms with Gasteiger partial charge in [0.25, 0.3) is 11.8 Å². The van der Waals surface area contributed by atoms with Gasteiger partial charge in [-0.05, 0) is 56.5 Å². The fraction of sp³-hybridized carbons (Fsp3) is 0.778. The van der Waals surface area contributed by atoms with Crippen molar-refractivity contribution in [2.45, 2.75) is 134 Å². The molecule has 0 radical (unpaired) electrons. The molecule has 4 rings (SSSR count). The molecule has 9 heteroatoms. The van der Waals surface area contributed by atoms with Crippen LogP contribution in [0.15, 0.2) is 0 Å². The van der Waals surface area contributed by atoms with Crippen LogP contribution in [0.4, 0.5) is 5.69 Å². The van der Waals surface area contributed by atoms with Gasteiger partial charge in [-0.15, -0.1) is 0 Å². The lowest BCUT2D eigenvalue weighted by Crippen LogP contribution is -2.55. The Balaban J connectivity index is 1.56. The molecule has 200 valence electrons. The van der Waals surface area contributed by atoms with Crippen LogP contribution in [0.5, 0.6) is 0 Å². The van der Waals surface area contributed by atoms with Gasteiger partial charge in [-0.3, -0.25) is 14.4 Å². The molecule has 36 heavy (non-hydrogen) atoms. The molecular formula is C27H43N5O3S. The highest BCUT2D eigenvalue weighted by atomic mass is 32.1. The fourth-order valence-electron chi connectivity index (χ4n) is 6.19. The first-order valence-electron chi connectivity index (χ1n) is 14.2. The average Bonchev–Trinajstić information content (AvgIpc) is 3.54. The van der Waals surface area contributed by atoms with E-state index in [0.29, 0.717) is 6.42 Å². The normalized spacial score (nSPS) is 20.7. The highest BCUT2D eigenvalue weighted by Crippen LogP contribution is 2.32. The standard InChI is InChI=1S/C27H43N5O3S/c1-2-11-21(25(33)29-18-14-9-10-15-18)32(20-16-7-4-8-17-20)27(35)24-22(28)23(31-36-24)26(34)30-19-12-5-3-6-13-19/h18-21H,2-17,28H2,1H3,(H,29,33)(H,30,34)/t21-/m1/s1. The Morgan fingerprint density at radius 2 is 1.47 bits per heavy atom. The smallest absolute Gasteiger partial charge is 0.273 e. The number of nitrogens with two attached hydrogens (primary N) is 1. The Kier molecular flexibility index (Phi) is 9.62. The van der Waals surface area contributed by atoms with Gasteiger partial charge in [0, 0.05) is 18.1 Å². The second-order valence-corrected chi connectivity index (χ2v) is 11.7. The Bertz CT molecular complexity index is 901. The third kappa shape index (κ3) is 6.39. The Morgan fingerprint density at radius 1 is 0.917 bits per heavy atom. The number of amides is 3. The van der Waals surface area contributed by atoms with Gasteiger partial charge in [-0.25, -0.2) is 0 Å². The topological polar surface area (TPSA) is 117 Å². The third-order valence-corrected chi connectivity index (χ3v) is 9.03. The van der Waals surface area contributed by atoms with Gasteiger partial charge >= 0.3 is 0 Å². The number of aromatic nitrogens is 1. The predicted molar refractivity (Wildman–Crippen MR) is 143 cm³/mol. The van der Waals surface area contributed by atoms with Gasteiger partial charge in [0.1, 0.15) is 10.9 Å². The van der Waals surface area contributed by atoms with Crippen molar-refractivity contribution in [1.29, 1.82) is 0 Å². The lowest BCUT2D eigenvalue weighted by atomic mass is 9.91. The maximum absolute atomic E-state index is 14.1. The molecule has 0 unspecified atom stereocenters. The number of nitrogens with zero attached hydrogens (tertiary/aromatic N) is 2. The van der Waals surface area contributed by atoms with Gasteiger partial charge in [-0.2, -0.15) is 4.37 Å². The minimum absolute atomic E-state index is 0.00172. The molecule has 1 aromatic heterocycles. The van der Waals surface area contributed by atoms with Gasteiger partial charge in [0.15, 0.2) is 5.69 Å². The minimum atomic E-state index is -0.535. The van der Waals surface area contributed by atoms with Crippen LogP contribution in [0.25, 0.3) is 0 Å². The molecule has 3 aliphatic carbocycles. The zero-order valence-corrected chi connectivity index (χ0v) is 22.5. The van der Waals surface area contributed by atoms with Crippen molar-refractivity contribution in [3.8, 4) is 0 Å². The van der Waals surface area contributed by atoms with E-state index in [1.165, 1.54) is 6.42 Å². The van der Waals surface area contributed by atoms with E-state index in [1.54, 1.807) is 4.90 Å². The van der Waals surface area contributed by atoms with Crippen LogP contribution in [0.2, 0.25) is 0 Å². The fourth-order valence-corrected chi connectivity index (χ4v) is 6.93. The van der Waals surface area contributed by atoms with Gasteiger partial charge < -0.3 is 21.3 Å². The number of hydrogen-bond donors (Lipinski definition) is 3. The van der Waals surface area contributed by atoms with Crippen molar-refractivity contribution < 1.29 is 14.4 Å². The molecule has 3 amide bonds. The summed E-state index contributed by atoms with van der Waals surface area (Å²) in [5.41, 5.74) is 6.68. The molecule has 3 fully saturated rings. The monoisotopic (exact) mass is 517 g/mol. The van der Waals surface area contributed by atoms with E-state index in [2.05, 4.69) is 15.0 Å². The van der Waals surface area contributed by atoms with Crippen LogP contribution in [0, 0.1) is 0 Å². The molecule has 1 atom stereocenters. The van der Waals surface area contributed by atoms with E-state index in [4.69, 9.17) is 5.73 Å². The first-order chi connectivity index (χ1) is 17.5. The molecule has 1 aromatic rings. The molecule has 3 aliphatic rings. The summed E-state index contributed by atoms with van der Waals surface area (Å²) in [6, 6.07) is -0.201. The van der Waals surface area contributed by atoms with Crippen LogP contribution in [0.3, 0.4) is 0 Å². The van der Waals surface area contributed by atoms with E-state index >= 15 is 0 Å². The summed E-state index contributed by atoms with van der Waals surface area (Å²) in [6.07, 6.45) is 16.1. The van der Waals surface area contributed by atoms with Crippen LogP contribution in [-0.2, 0) is 4.79 Å². The van der Waals surface area contributed by atoms with E-state index in [9.17, 15) is 14.4 Å². The van der Waals surface area contributed by atoms with E-state index in [-0.39, 0.29) is 52.1 Å². The molecule has 0 spiro atoms. The lowest BCUT2D eigenvalue weighted by molar-refractivity contribution is -0.127. The van der Waals surface area contributed by atoms with Gasteiger partial charge in [0.05, 0.1) is 5.69 Å². The van der Waals surface area contributed by atoms with Crippen LogP contribution < -0.4 is 16.4 Å². The molecule has 0 aliphatic heterocycles. The number of anilines is 1. The molecule has 0 bridgehead atoms. The molecular weight excluding hydrogens is 474 g/mol. The second kappa shape index (κ2) is 12.9. The molecule has 8 nitrogen and oxygen atoms in total. The van der Waals surface area contributed by atoms with Crippen molar-refractivity contribution >= 4 is 34.9 Å². The number of carbonyl (C=O) groups excluding carboxylic acids is 3. The van der Waals surface area contributed by atoms with Gasteiger partial charge in [0.2, 0.25) is 5.91 Å². The second-order valence-electron chi connectivity index (χ2n) is 10.9. The van der Waals surface area contributed by atoms with Gasteiger partial charge in [-0.1, -0.05) is 64.7 Å². The summed E-state index contributed by atoms with van der Waals surface area (Å²) >= 11 is 0.988. The van der Waals surface area contributed by atoms with E-state index in [0.717, 1.165) is 101 Å². The van der Waals surface area contributed by atoms with Crippen molar-refractivity contribution in [2.24, 2.45) is 0 Å². The van der Waals surface area contributed by atoms with E-state index in [1.807, 2.05) is 6.92 Å². The highest BCUT2D eigenvalue weighted by molar-refractivity contribution is 7.09. The van der Waals surface area contributed by atoms with Crippen molar-refractivity contribution in [2.75, 3.05) is 5.73 Å². The molecule has 4 N–H and O–H groups in total. The number of nitrogen functional groups attached to an aromatic ring is 1. The largest absolute Gasteiger partial charge is 0.395 e. The third-order valence-electron chi connectivity index (χ3n) is 8.18. The molecule has 1 heterocycles. The summed E-state index contributed by atoms with van der Waals surface area (Å²) in [6.45, 7) is 2.05. The summed E-state index contributed by atoms with van der Waals surface area (Å²) in [4.78, 5) is 42.6. The summed E-state index contributed by atoms with van der Waals surface area (Å²) in [5.74, 6) is -0.613. The number of rotatable bonds is 9. The van der Waals surface area contributed by atoms with Crippen LogP contribution in [0.1, 0.15) is 130 Å². The van der Waals surface area contributed by atoms with Crippen molar-refractivity contribution in [3.63, 3.8) is 0 Å². The Hall–Kier alpha value is -2.16. The first kappa shape index (κ1) is 26.9. The Labute approximate surface area is 219 Å². The maximum atomic E-state index is 14.1. The summed E-state index contributed by atoms with van der Waals surface area (Å²) in [7, 11) is 0.